The summed E-state index contributed by atoms with van der Waals surface area (Å²) >= 11 is 7.69. The number of carbonyl (C=O) groups is 1. The Morgan fingerprint density at radius 1 is 1.25 bits per heavy atom. The van der Waals surface area contributed by atoms with E-state index in [0.29, 0.717) is 16.7 Å². The number of hydrogen-bond acceptors (Lipinski definition) is 3. The lowest BCUT2D eigenvalue weighted by atomic mass is 9.89. The van der Waals surface area contributed by atoms with Gasteiger partial charge in [-0.2, -0.15) is 0 Å². The van der Waals surface area contributed by atoms with E-state index in [1.807, 2.05) is 35.2 Å². The van der Waals surface area contributed by atoms with Crippen molar-refractivity contribution in [3.63, 3.8) is 0 Å². The zero-order chi connectivity index (χ0) is 19.5. The number of fused-ring (bicyclic) bond motifs is 1. The minimum Gasteiger partial charge on any atom is -0.497 e. The number of H-pyrrole nitrogens is 1. The number of rotatable bonds is 5. The third kappa shape index (κ3) is 4.01. The van der Waals surface area contributed by atoms with E-state index >= 15 is 0 Å². The van der Waals surface area contributed by atoms with Crippen LogP contribution in [0.25, 0.3) is 10.9 Å². The molecule has 0 radical (unpaired) electrons. The number of aromatic nitrogens is 1. The van der Waals surface area contributed by atoms with E-state index in [9.17, 15) is 4.79 Å². The van der Waals surface area contributed by atoms with E-state index in [0.717, 1.165) is 42.1 Å². The molecule has 4 nitrogen and oxygen atoms in total. The number of aromatic amines is 1. The van der Waals surface area contributed by atoms with Crippen molar-refractivity contribution in [2.75, 3.05) is 26.0 Å². The van der Waals surface area contributed by atoms with Crippen LogP contribution in [-0.4, -0.2) is 41.7 Å². The van der Waals surface area contributed by atoms with Crippen molar-refractivity contribution in [1.82, 2.24) is 9.88 Å². The summed E-state index contributed by atoms with van der Waals surface area (Å²) in [6, 6.07) is 13.8. The predicted octanol–water partition coefficient (Wildman–Crippen LogP) is 5.33. The first-order chi connectivity index (χ1) is 13.7. The number of benzene rings is 2. The van der Waals surface area contributed by atoms with Crippen LogP contribution in [0.4, 0.5) is 0 Å². The topological polar surface area (TPSA) is 45.3 Å². The maximum absolute atomic E-state index is 12.6. The zero-order valence-electron chi connectivity index (χ0n) is 15.8. The molecule has 2 aromatic carbocycles. The molecule has 0 aliphatic carbocycles. The highest BCUT2D eigenvalue weighted by Gasteiger charge is 2.25. The maximum Gasteiger partial charge on any atom is 0.232 e. The van der Waals surface area contributed by atoms with Crippen LogP contribution in [0.5, 0.6) is 5.75 Å². The summed E-state index contributed by atoms with van der Waals surface area (Å²) in [7, 11) is 1.69. The van der Waals surface area contributed by atoms with Gasteiger partial charge in [0.25, 0.3) is 0 Å². The molecule has 28 heavy (non-hydrogen) atoms. The second kappa shape index (κ2) is 8.50. The van der Waals surface area contributed by atoms with Gasteiger partial charge in [0.2, 0.25) is 5.91 Å². The van der Waals surface area contributed by atoms with Crippen LogP contribution >= 0.6 is 23.4 Å². The molecule has 4 rings (SSSR count). The number of thioether (sulfide) groups is 1. The summed E-state index contributed by atoms with van der Waals surface area (Å²) in [6.45, 7) is 1.59. The molecule has 1 N–H and O–H groups in total. The van der Waals surface area contributed by atoms with Crippen LogP contribution in [-0.2, 0) is 4.79 Å². The summed E-state index contributed by atoms with van der Waals surface area (Å²) < 4.78 is 5.38. The number of halogens is 1. The number of methoxy groups -OCH3 is 1. The quantitative estimate of drug-likeness (QED) is 0.574. The van der Waals surface area contributed by atoms with Crippen molar-refractivity contribution in [2.45, 2.75) is 23.7 Å². The highest BCUT2D eigenvalue weighted by atomic mass is 35.5. The van der Waals surface area contributed by atoms with Gasteiger partial charge in [-0.3, -0.25) is 4.79 Å². The van der Waals surface area contributed by atoms with E-state index in [-0.39, 0.29) is 5.91 Å². The van der Waals surface area contributed by atoms with Crippen LogP contribution in [0.3, 0.4) is 0 Å². The van der Waals surface area contributed by atoms with Crippen LogP contribution in [0.1, 0.15) is 24.3 Å². The lowest BCUT2D eigenvalue weighted by Gasteiger charge is -2.32. The first kappa shape index (κ1) is 19.2. The van der Waals surface area contributed by atoms with Crippen molar-refractivity contribution in [2.24, 2.45) is 0 Å². The molecule has 1 aromatic heterocycles. The summed E-state index contributed by atoms with van der Waals surface area (Å²) in [5, 5.41) is 1.92. The highest BCUT2D eigenvalue weighted by Crippen LogP contribution is 2.35. The molecule has 6 heteroatoms. The summed E-state index contributed by atoms with van der Waals surface area (Å²) in [4.78, 5) is 18.9. The fourth-order valence-electron chi connectivity index (χ4n) is 3.82. The third-order valence-electron chi connectivity index (χ3n) is 5.40. The largest absolute Gasteiger partial charge is 0.497 e. The smallest absolute Gasteiger partial charge is 0.232 e. The second-order valence-corrected chi connectivity index (χ2v) is 8.45. The molecule has 0 bridgehead atoms. The predicted molar refractivity (Wildman–Crippen MR) is 116 cm³/mol. The fourth-order valence-corrected chi connectivity index (χ4v) is 4.96. The van der Waals surface area contributed by atoms with Gasteiger partial charge in [0.15, 0.2) is 0 Å². The zero-order valence-corrected chi connectivity index (χ0v) is 17.4. The molecule has 2 heterocycles. The maximum atomic E-state index is 12.6. The van der Waals surface area contributed by atoms with E-state index in [1.54, 1.807) is 7.11 Å². The Hall–Kier alpha value is -2.11. The molecule has 3 aromatic rings. The Labute approximate surface area is 174 Å². The molecular formula is C22H23ClN2O2S. The Morgan fingerprint density at radius 2 is 2.04 bits per heavy atom. The SMILES string of the molecule is COc1ccc2[nH]cc(C3CCN(C(=O)CSc4ccccc4Cl)CC3)c2c1. The number of amides is 1. The highest BCUT2D eigenvalue weighted by molar-refractivity contribution is 8.00. The van der Waals surface area contributed by atoms with Gasteiger partial charge in [-0.05, 0) is 54.7 Å². The molecular weight excluding hydrogens is 392 g/mol. The number of nitrogens with zero attached hydrogens (tertiary/aromatic N) is 1. The van der Waals surface area contributed by atoms with Crippen LogP contribution in [0.2, 0.25) is 5.02 Å². The number of carbonyl (C=O) groups excluding carboxylic acids is 1. The Morgan fingerprint density at radius 3 is 2.79 bits per heavy atom. The van der Waals surface area contributed by atoms with Gasteiger partial charge in [0, 0.05) is 35.1 Å². The van der Waals surface area contributed by atoms with Gasteiger partial charge < -0.3 is 14.6 Å². The molecule has 1 aliphatic heterocycles. The average molecular weight is 415 g/mol. The van der Waals surface area contributed by atoms with E-state index in [4.69, 9.17) is 16.3 Å². The number of likely N-dealkylation sites (tertiary alicyclic amines) is 1. The monoisotopic (exact) mass is 414 g/mol. The van der Waals surface area contributed by atoms with Gasteiger partial charge >= 0.3 is 0 Å². The molecule has 0 saturated carbocycles. The van der Waals surface area contributed by atoms with Gasteiger partial charge in [-0.1, -0.05) is 23.7 Å². The molecule has 1 aliphatic rings. The molecule has 0 atom stereocenters. The van der Waals surface area contributed by atoms with Gasteiger partial charge in [-0.15, -0.1) is 11.8 Å². The minimum atomic E-state index is 0.184. The van der Waals surface area contributed by atoms with Gasteiger partial charge in [0.1, 0.15) is 5.75 Å². The van der Waals surface area contributed by atoms with E-state index in [2.05, 4.69) is 23.3 Å². The Kier molecular flexibility index (Phi) is 5.83. The first-order valence-corrected chi connectivity index (χ1v) is 10.8. The third-order valence-corrected chi connectivity index (χ3v) is 6.90. The van der Waals surface area contributed by atoms with Crippen LogP contribution in [0.15, 0.2) is 53.6 Å². The normalized spacial score (nSPS) is 15.1. The van der Waals surface area contributed by atoms with Gasteiger partial charge in [0.05, 0.1) is 17.9 Å². The van der Waals surface area contributed by atoms with Crippen LogP contribution in [0, 0.1) is 0 Å². The molecule has 1 fully saturated rings. The number of nitrogens with one attached hydrogen (secondary N) is 1. The summed E-state index contributed by atoms with van der Waals surface area (Å²) in [5.41, 5.74) is 2.46. The Balaban J connectivity index is 1.37. The molecule has 1 saturated heterocycles. The Bertz CT molecular complexity index is 980. The van der Waals surface area contributed by atoms with Crippen molar-refractivity contribution in [1.29, 1.82) is 0 Å². The first-order valence-electron chi connectivity index (χ1n) is 9.46. The lowest BCUT2D eigenvalue weighted by molar-refractivity contribution is -0.129. The molecule has 146 valence electrons. The molecule has 1 amide bonds. The number of piperidine rings is 1. The summed E-state index contributed by atoms with van der Waals surface area (Å²) in [5.74, 6) is 1.95. The standard InChI is InChI=1S/C22H23ClN2O2S/c1-27-16-6-7-20-17(12-16)18(13-24-20)15-8-10-25(11-9-15)22(26)14-28-21-5-3-2-4-19(21)23/h2-7,12-13,15,24H,8-11,14H2,1H3. The fraction of sp³-hybridized carbons (Fsp3) is 0.318. The van der Waals surface area contributed by atoms with Crippen molar-refractivity contribution in [3.8, 4) is 5.75 Å². The van der Waals surface area contributed by atoms with Crippen molar-refractivity contribution in [3.05, 3.63) is 59.2 Å². The van der Waals surface area contributed by atoms with Crippen LogP contribution < -0.4 is 4.74 Å². The second-order valence-electron chi connectivity index (χ2n) is 7.03. The number of ether oxygens (including phenoxy) is 1. The lowest BCUT2D eigenvalue weighted by Crippen LogP contribution is -2.38. The van der Waals surface area contributed by atoms with Crippen molar-refractivity contribution >= 4 is 40.2 Å². The average Bonchev–Trinajstić information content (AvgIpc) is 3.16. The molecule has 0 unspecified atom stereocenters. The van der Waals surface area contributed by atoms with Crippen molar-refractivity contribution < 1.29 is 9.53 Å². The van der Waals surface area contributed by atoms with E-state index < -0.39 is 0 Å². The molecule has 0 spiro atoms. The summed E-state index contributed by atoms with van der Waals surface area (Å²) in [6.07, 6.45) is 4.07. The minimum absolute atomic E-state index is 0.184. The number of hydrogen-bond donors (Lipinski definition) is 1. The van der Waals surface area contributed by atoms with E-state index in [1.165, 1.54) is 22.7 Å². The van der Waals surface area contributed by atoms with Gasteiger partial charge in [-0.25, -0.2) is 0 Å².